The van der Waals surface area contributed by atoms with Crippen molar-refractivity contribution < 1.29 is 14.3 Å². The van der Waals surface area contributed by atoms with Crippen molar-refractivity contribution in [2.24, 2.45) is 5.73 Å². The number of thiazole rings is 1. The van der Waals surface area contributed by atoms with E-state index in [1.54, 1.807) is 24.3 Å². The summed E-state index contributed by atoms with van der Waals surface area (Å²) < 4.78 is 7.52. The van der Waals surface area contributed by atoms with Gasteiger partial charge in [0.25, 0.3) is 0 Å². The molecule has 0 bridgehead atoms. The number of aromatic nitrogens is 2. The van der Waals surface area contributed by atoms with Gasteiger partial charge in [-0.2, -0.15) is 0 Å². The Bertz CT molecular complexity index is 1180. The first-order chi connectivity index (χ1) is 14.6. The van der Waals surface area contributed by atoms with Crippen LogP contribution in [-0.4, -0.2) is 27.8 Å². The number of rotatable bonds is 8. The van der Waals surface area contributed by atoms with Gasteiger partial charge in [0, 0.05) is 22.8 Å². The zero-order chi connectivity index (χ0) is 20.9. The van der Waals surface area contributed by atoms with E-state index < -0.39 is 5.91 Å². The number of carbonyl (C=O) groups is 2. The Labute approximate surface area is 177 Å². The lowest BCUT2D eigenvalue weighted by Gasteiger charge is -2.12. The van der Waals surface area contributed by atoms with E-state index in [2.05, 4.69) is 10.3 Å². The third-order valence-electron chi connectivity index (χ3n) is 4.46. The lowest BCUT2D eigenvalue weighted by Crippen LogP contribution is -2.17. The maximum Gasteiger partial charge on any atom is 0.230 e. The molecule has 0 aliphatic rings. The Morgan fingerprint density at radius 1 is 1.10 bits per heavy atom. The van der Waals surface area contributed by atoms with Crippen molar-refractivity contribution in [3.63, 3.8) is 0 Å². The molecule has 0 atom stereocenters. The molecule has 7 nitrogen and oxygen atoms in total. The van der Waals surface area contributed by atoms with Gasteiger partial charge in [0.2, 0.25) is 11.8 Å². The van der Waals surface area contributed by atoms with Gasteiger partial charge in [-0.1, -0.05) is 42.5 Å². The van der Waals surface area contributed by atoms with E-state index in [-0.39, 0.29) is 25.4 Å². The van der Waals surface area contributed by atoms with Gasteiger partial charge in [0.15, 0.2) is 4.96 Å². The number of amides is 2. The fourth-order valence-corrected chi connectivity index (χ4v) is 3.89. The maximum absolute atomic E-state index is 12.7. The number of carbonyl (C=O) groups excluding carboxylic acids is 2. The normalized spacial score (nSPS) is 10.8. The number of hydrogen-bond donors (Lipinski definition) is 2. The summed E-state index contributed by atoms with van der Waals surface area (Å²) in [6.07, 6.45) is 2.25. The Morgan fingerprint density at radius 2 is 1.87 bits per heavy atom. The highest BCUT2D eigenvalue weighted by Crippen LogP contribution is 2.26. The van der Waals surface area contributed by atoms with E-state index in [0.29, 0.717) is 11.4 Å². The van der Waals surface area contributed by atoms with Crippen LogP contribution in [0.15, 0.2) is 66.2 Å². The lowest BCUT2D eigenvalue weighted by molar-refractivity contribution is -0.118. The van der Waals surface area contributed by atoms with Gasteiger partial charge < -0.3 is 15.8 Å². The van der Waals surface area contributed by atoms with Gasteiger partial charge in [-0.3, -0.25) is 14.0 Å². The number of para-hydroxylation sites is 2. The Hall–Kier alpha value is -3.65. The molecule has 2 aromatic heterocycles. The van der Waals surface area contributed by atoms with Crippen LogP contribution in [0.3, 0.4) is 0 Å². The Balaban J connectivity index is 1.47. The summed E-state index contributed by atoms with van der Waals surface area (Å²) in [5.41, 5.74) is 8.45. The highest BCUT2D eigenvalue weighted by molar-refractivity contribution is 7.15. The van der Waals surface area contributed by atoms with Gasteiger partial charge in [0.1, 0.15) is 5.75 Å². The maximum atomic E-state index is 12.7. The van der Waals surface area contributed by atoms with Crippen molar-refractivity contribution in [3.8, 4) is 17.0 Å². The molecular formula is C22H20N4O3S. The Kier molecular flexibility index (Phi) is 5.76. The van der Waals surface area contributed by atoms with Gasteiger partial charge >= 0.3 is 0 Å². The molecule has 0 spiro atoms. The zero-order valence-corrected chi connectivity index (χ0v) is 16.9. The molecule has 0 aliphatic heterocycles. The summed E-state index contributed by atoms with van der Waals surface area (Å²) in [6.45, 7) is 0.157. The second-order valence-electron chi connectivity index (χ2n) is 6.66. The van der Waals surface area contributed by atoms with Crippen LogP contribution in [0.1, 0.15) is 12.1 Å². The fourth-order valence-electron chi connectivity index (χ4n) is 3.02. The number of nitrogens with one attached hydrogen (secondary N) is 1. The van der Waals surface area contributed by atoms with E-state index in [1.165, 1.54) is 11.3 Å². The van der Waals surface area contributed by atoms with Crippen LogP contribution < -0.4 is 15.8 Å². The summed E-state index contributed by atoms with van der Waals surface area (Å²) >= 11 is 1.50. The van der Waals surface area contributed by atoms with Crippen molar-refractivity contribution in [2.45, 2.75) is 12.8 Å². The smallest absolute Gasteiger partial charge is 0.230 e. The van der Waals surface area contributed by atoms with Crippen molar-refractivity contribution >= 4 is 33.8 Å². The van der Waals surface area contributed by atoms with Crippen LogP contribution in [0.2, 0.25) is 0 Å². The molecule has 2 aromatic carbocycles. The number of ether oxygens (including phenoxy) is 1. The molecule has 152 valence electrons. The van der Waals surface area contributed by atoms with Crippen LogP contribution in [0.25, 0.3) is 16.2 Å². The summed E-state index contributed by atoms with van der Waals surface area (Å²) in [5.74, 6) is -0.111. The van der Waals surface area contributed by atoms with E-state index in [4.69, 9.17) is 10.5 Å². The molecule has 30 heavy (non-hydrogen) atoms. The third kappa shape index (κ3) is 4.49. The van der Waals surface area contributed by atoms with E-state index in [0.717, 1.165) is 21.9 Å². The third-order valence-corrected chi connectivity index (χ3v) is 5.35. The fraction of sp³-hybridized carbons (Fsp3) is 0.136. The van der Waals surface area contributed by atoms with Crippen LogP contribution >= 0.6 is 11.3 Å². The molecule has 0 unspecified atom stereocenters. The van der Waals surface area contributed by atoms with Gasteiger partial charge in [-0.25, -0.2) is 4.98 Å². The first-order valence-corrected chi connectivity index (χ1v) is 10.3. The number of primary amides is 1. The predicted octanol–water partition coefficient (Wildman–Crippen LogP) is 3.50. The summed E-state index contributed by atoms with van der Waals surface area (Å²) in [7, 11) is 0. The van der Waals surface area contributed by atoms with Crippen molar-refractivity contribution in [1.82, 2.24) is 9.38 Å². The van der Waals surface area contributed by atoms with Gasteiger partial charge in [-0.05, 0) is 12.1 Å². The first-order valence-electron chi connectivity index (χ1n) is 9.41. The minimum Gasteiger partial charge on any atom is -0.491 e. The van der Waals surface area contributed by atoms with E-state index >= 15 is 0 Å². The van der Waals surface area contributed by atoms with Crippen molar-refractivity contribution in [3.05, 3.63) is 71.9 Å². The van der Waals surface area contributed by atoms with Crippen LogP contribution in [0.5, 0.6) is 5.75 Å². The average molecular weight is 420 g/mol. The molecule has 3 N–H and O–H groups in total. The second-order valence-corrected chi connectivity index (χ2v) is 7.49. The van der Waals surface area contributed by atoms with Crippen LogP contribution in [-0.2, 0) is 16.0 Å². The largest absolute Gasteiger partial charge is 0.491 e. The quantitative estimate of drug-likeness (QED) is 0.456. The van der Waals surface area contributed by atoms with Crippen LogP contribution in [0, 0.1) is 0 Å². The molecule has 4 aromatic rings. The number of benzene rings is 2. The Morgan fingerprint density at radius 3 is 2.67 bits per heavy atom. The molecule has 0 fully saturated rings. The van der Waals surface area contributed by atoms with E-state index in [1.807, 2.05) is 46.3 Å². The number of imidazole rings is 1. The minimum atomic E-state index is -0.437. The standard InChI is InChI=1S/C22H20N4O3S/c23-20(27)10-11-29-19-9-5-4-8-17(19)24-21(28)12-16-14-30-22-25-18(13-26(16)22)15-6-2-1-3-7-15/h1-9,13-14H,10-12H2,(H2,23,27)(H,24,28). The lowest BCUT2D eigenvalue weighted by atomic mass is 10.2. The van der Waals surface area contributed by atoms with E-state index in [9.17, 15) is 9.59 Å². The first kappa shape index (κ1) is 19.7. The zero-order valence-electron chi connectivity index (χ0n) is 16.1. The van der Waals surface area contributed by atoms with Gasteiger partial charge in [0.05, 0.1) is 30.8 Å². The summed E-state index contributed by atoms with van der Waals surface area (Å²) in [5, 5.41) is 4.82. The number of hydrogen-bond acceptors (Lipinski definition) is 5. The minimum absolute atomic E-state index is 0.111. The number of nitrogens with zero attached hydrogens (tertiary/aromatic N) is 2. The molecule has 4 rings (SSSR count). The molecule has 8 heteroatoms. The van der Waals surface area contributed by atoms with Crippen molar-refractivity contribution in [2.75, 3.05) is 11.9 Å². The number of anilines is 1. The summed E-state index contributed by atoms with van der Waals surface area (Å²) in [4.78, 5) is 29.0. The predicted molar refractivity (Wildman–Crippen MR) is 117 cm³/mol. The highest BCUT2D eigenvalue weighted by Gasteiger charge is 2.14. The number of fused-ring (bicyclic) bond motifs is 1. The second kappa shape index (κ2) is 8.79. The number of nitrogens with two attached hydrogens (primary N) is 1. The highest BCUT2D eigenvalue weighted by atomic mass is 32.1. The molecule has 0 aliphatic carbocycles. The monoisotopic (exact) mass is 420 g/mol. The molecule has 0 saturated heterocycles. The molecule has 0 radical (unpaired) electrons. The molecular weight excluding hydrogens is 400 g/mol. The van der Waals surface area contributed by atoms with Crippen LogP contribution in [0.4, 0.5) is 5.69 Å². The summed E-state index contributed by atoms with van der Waals surface area (Å²) in [6, 6.07) is 17.0. The topological polar surface area (TPSA) is 98.7 Å². The van der Waals surface area contributed by atoms with Crippen molar-refractivity contribution in [1.29, 1.82) is 0 Å². The van der Waals surface area contributed by atoms with Gasteiger partial charge in [-0.15, -0.1) is 11.3 Å². The molecule has 0 saturated carbocycles. The SMILES string of the molecule is NC(=O)CCOc1ccccc1NC(=O)Cc1csc2nc(-c3ccccc3)cn12. The molecule has 2 amide bonds. The molecule has 2 heterocycles. The average Bonchev–Trinajstić information content (AvgIpc) is 3.32.